The third kappa shape index (κ3) is 3.40. The van der Waals surface area contributed by atoms with Crippen LogP contribution < -0.4 is 5.32 Å². The Hall–Kier alpha value is -1.91. The molecule has 0 bridgehead atoms. The average Bonchev–Trinajstić information content (AvgIpc) is 2.53. The zero-order valence-corrected chi connectivity index (χ0v) is 12.1. The Morgan fingerprint density at radius 1 is 1.33 bits per heavy atom. The van der Waals surface area contributed by atoms with Gasteiger partial charge in [-0.15, -0.1) is 0 Å². The van der Waals surface area contributed by atoms with E-state index in [9.17, 15) is 9.59 Å². The number of rotatable bonds is 3. The van der Waals surface area contributed by atoms with Crippen LogP contribution in [0.15, 0.2) is 24.5 Å². The third-order valence-electron chi connectivity index (χ3n) is 4.55. The lowest BCUT2D eigenvalue weighted by Crippen LogP contribution is -2.55. The molecule has 2 atom stereocenters. The quantitative estimate of drug-likeness (QED) is 0.907. The second kappa shape index (κ2) is 6.24. The monoisotopic (exact) mass is 287 g/mol. The van der Waals surface area contributed by atoms with Crippen LogP contribution in [0.25, 0.3) is 0 Å². The molecule has 3 heterocycles. The molecule has 2 fully saturated rings. The topological polar surface area (TPSA) is 62.3 Å². The fraction of sp³-hybridized carbons (Fsp3) is 0.562. The molecule has 0 aliphatic carbocycles. The number of carbonyl (C=O) groups is 2. The van der Waals surface area contributed by atoms with Crippen LogP contribution in [0.1, 0.15) is 31.2 Å². The van der Waals surface area contributed by atoms with Crippen LogP contribution in [0.4, 0.5) is 0 Å². The van der Waals surface area contributed by atoms with Crippen LogP contribution in [-0.2, 0) is 16.0 Å². The molecular formula is C16H21N3O2. The van der Waals surface area contributed by atoms with Gasteiger partial charge in [-0.05, 0) is 42.9 Å². The third-order valence-corrected chi connectivity index (χ3v) is 4.55. The van der Waals surface area contributed by atoms with E-state index < -0.39 is 0 Å². The molecule has 3 rings (SSSR count). The number of hydrogen-bond donors (Lipinski definition) is 1. The van der Waals surface area contributed by atoms with Crippen LogP contribution in [0.3, 0.4) is 0 Å². The molecule has 0 spiro atoms. The number of nitrogens with one attached hydrogen (secondary N) is 1. The highest BCUT2D eigenvalue weighted by atomic mass is 16.2. The predicted molar refractivity (Wildman–Crippen MR) is 78.4 cm³/mol. The maximum Gasteiger partial charge on any atom is 0.222 e. The fourth-order valence-corrected chi connectivity index (χ4v) is 3.30. The SMILES string of the molecule is O=C1CCC2CN(C(=O)CCc3ccncc3)CCC2N1. The Morgan fingerprint density at radius 2 is 2.14 bits per heavy atom. The number of likely N-dealkylation sites (tertiary alicyclic amines) is 1. The summed E-state index contributed by atoms with van der Waals surface area (Å²) in [5.74, 6) is 0.817. The van der Waals surface area contributed by atoms with Crippen molar-refractivity contribution in [2.75, 3.05) is 13.1 Å². The molecule has 1 aromatic heterocycles. The highest BCUT2D eigenvalue weighted by molar-refractivity contribution is 5.78. The Bertz CT molecular complexity index is 518. The first-order valence-electron chi connectivity index (χ1n) is 7.68. The lowest BCUT2D eigenvalue weighted by atomic mass is 9.85. The van der Waals surface area contributed by atoms with Crippen molar-refractivity contribution in [1.29, 1.82) is 0 Å². The number of hydrogen-bond acceptors (Lipinski definition) is 3. The normalized spacial score (nSPS) is 25.1. The summed E-state index contributed by atoms with van der Waals surface area (Å²) in [5.41, 5.74) is 1.15. The molecular weight excluding hydrogens is 266 g/mol. The Balaban J connectivity index is 1.51. The maximum atomic E-state index is 12.3. The van der Waals surface area contributed by atoms with Gasteiger partial charge in [-0.2, -0.15) is 0 Å². The molecule has 1 N–H and O–H groups in total. The number of aryl methyl sites for hydroxylation is 1. The second-order valence-electron chi connectivity index (χ2n) is 5.96. The van der Waals surface area contributed by atoms with Gasteiger partial charge in [-0.3, -0.25) is 14.6 Å². The first-order chi connectivity index (χ1) is 10.2. The highest BCUT2D eigenvalue weighted by Crippen LogP contribution is 2.25. The van der Waals surface area contributed by atoms with Gasteiger partial charge in [-0.1, -0.05) is 0 Å². The minimum absolute atomic E-state index is 0.161. The van der Waals surface area contributed by atoms with E-state index >= 15 is 0 Å². The summed E-state index contributed by atoms with van der Waals surface area (Å²) < 4.78 is 0. The zero-order chi connectivity index (χ0) is 14.7. The van der Waals surface area contributed by atoms with E-state index in [1.165, 1.54) is 0 Å². The summed E-state index contributed by atoms with van der Waals surface area (Å²) >= 11 is 0. The van der Waals surface area contributed by atoms with Gasteiger partial charge in [0.1, 0.15) is 0 Å². The van der Waals surface area contributed by atoms with Crippen LogP contribution in [-0.4, -0.2) is 40.8 Å². The van der Waals surface area contributed by atoms with Crippen molar-refractivity contribution in [3.63, 3.8) is 0 Å². The zero-order valence-electron chi connectivity index (χ0n) is 12.1. The minimum Gasteiger partial charge on any atom is -0.353 e. The molecule has 0 aromatic carbocycles. The molecule has 5 nitrogen and oxygen atoms in total. The van der Waals surface area contributed by atoms with Crippen LogP contribution in [0.5, 0.6) is 0 Å². The van der Waals surface area contributed by atoms with Gasteiger partial charge in [0.15, 0.2) is 0 Å². The predicted octanol–water partition coefficient (Wildman–Crippen LogP) is 1.14. The Kier molecular flexibility index (Phi) is 4.18. The average molecular weight is 287 g/mol. The maximum absolute atomic E-state index is 12.3. The molecule has 2 saturated heterocycles. The summed E-state index contributed by atoms with van der Waals surface area (Å²) in [7, 11) is 0. The van der Waals surface area contributed by atoms with Crippen molar-refractivity contribution in [3.8, 4) is 0 Å². The minimum atomic E-state index is 0.161. The molecule has 2 aliphatic rings. The van der Waals surface area contributed by atoms with E-state index in [-0.39, 0.29) is 17.9 Å². The lowest BCUT2D eigenvalue weighted by Gasteiger charge is -2.41. The molecule has 21 heavy (non-hydrogen) atoms. The number of piperidine rings is 2. The van der Waals surface area contributed by atoms with Crippen LogP contribution >= 0.6 is 0 Å². The summed E-state index contributed by atoms with van der Waals surface area (Å²) in [4.78, 5) is 29.7. The summed E-state index contributed by atoms with van der Waals surface area (Å²) in [6, 6.07) is 4.18. The van der Waals surface area contributed by atoms with Crippen molar-refractivity contribution >= 4 is 11.8 Å². The summed E-state index contributed by atoms with van der Waals surface area (Å²) in [6.45, 7) is 1.55. The number of carbonyl (C=O) groups excluding carboxylic acids is 2. The Labute approximate surface area is 124 Å². The molecule has 2 aliphatic heterocycles. The van der Waals surface area contributed by atoms with Crippen molar-refractivity contribution in [2.24, 2.45) is 5.92 Å². The number of amides is 2. The van der Waals surface area contributed by atoms with Gasteiger partial charge >= 0.3 is 0 Å². The van der Waals surface area contributed by atoms with Gasteiger partial charge in [0.25, 0.3) is 0 Å². The molecule has 0 saturated carbocycles. The lowest BCUT2D eigenvalue weighted by molar-refractivity contribution is -0.134. The van der Waals surface area contributed by atoms with E-state index in [1.54, 1.807) is 12.4 Å². The van der Waals surface area contributed by atoms with Crippen molar-refractivity contribution in [3.05, 3.63) is 30.1 Å². The van der Waals surface area contributed by atoms with E-state index in [1.807, 2.05) is 17.0 Å². The van der Waals surface area contributed by atoms with Gasteiger partial charge < -0.3 is 10.2 Å². The summed E-state index contributed by atoms with van der Waals surface area (Å²) in [5, 5.41) is 3.05. The molecule has 0 radical (unpaired) electrons. The fourth-order valence-electron chi connectivity index (χ4n) is 3.30. The number of pyridine rings is 1. The molecule has 2 amide bonds. The van der Waals surface area contributed by atoms with E-state index in [0.29, 0.717) is 18.8 Å². The first kappa shape index (κ1) is 14.0. The number of fused-ring (bicyclic) bond motifs is 1. The standard InChI is InChI=1S/C16H21N3O2/c20-15-3-2-13-11-19(10-7-14(13)18-15)16(21)4-1-12-5-8-17-9-6-12/h5-6,8-9,13-14H,1-4,7,10-11H2,(H,18,20). The molecule has 5 heteroatoms. The van der Waals surface area contributed by atoms with E-state index in [4.69, 9.17) is 0 Å². The molecule has 112 valence electrons. The number of nitrogens with zero attached hydrogens (tertiary/aromatic N) is 2. The summed E-state index contributed by atoms with van der Waals surface area (Å²) in [6.07, 6.45) is 7.23. The Morgan fingerprint density at radius 3 is 2.95 bits per heavy atom. The largest absolute Gasteiger partial charge is 0.353 e. The van der Waals surface area contributed by atoms with Crippen LogP contribution in [0, 0.1) is 5.92 Å². The molecule has 2 unspecified atom stereocenters. The smallest absolute Gasteiger partial charge is 0.222 e. The van der Waals surface area contributed by atoms with Gasteiger partial charge in [0.2, 0.25) is 11.8 Å². The van der Waals surface area contributed by atoms with Crippen molar-refractivity contribution < 1.29 is 9.59 Å². The highest BCUT2D eigenvalue weighted by Gasteiger charge is 2.34. The number of aromatic nitrogens is 1. The van der Waals surface area contributed by atoms with Gasteiger partial charge in [0.05, 0.1) is 0 Å². The van der Waals surface area contributed by atoms with E-state index in [0.717, 1.165) is 37.9 Å². The van der Waals surface area contributed by atoms with Crippen molar-refractivity contribution in [1.82, 2.24) is 15.2 Å². The second-order valence-corrected chi connectivity index (χ2v) is 5.96. The van der Waals surface area contributed by atoms with Gasteiger partial charge in [0, 0.05) is 44.4 Å². The van der Waals surface area contributed by atoms with E-state index in [2.05, 4.69) is 10.3 Å². The molecule has 1 aromatic rings. The first-order valence-corrected chi connectivity index (χ1v) is 7.68. The van der Waals surface area contributed by atoms with Gasteiger partial charge in [-0.25, -0.2) is 0 Å². The van der Waals surface area contributed by atoms with Crippen molar-refractivity contribution in [2.45, 2.75) is 38.1 Å². The van der Waals surface area contributed by atoms with Crippen LogP contribution in [0.2, 0.25) is 0 Å².